The average Bonchev–Trinajstić information content (AvgIpc) is 3.04. The predicted octanol–water partition coefficient (Wildman–Crippen LogP) is 0.297. The molecular formula is C18H36N4O3. The van der Waals surface area contributed by atoms with Gasteiger partial charge in [-0.25, -0.2) is 0 Å². The van der Waals surface area contributed by atoms with E-state index in [9.17, 15) is 5.11 Å². The van der Waals surface area contributed by atoms with Crippen LogP contribution in [0, 0.1) is 11.3 Å². The van der Waals surface area contributed by atoms with E-state index in [-0.39, 0.29) is 18.1 Å². The highest BCUT2D eigenvalue weighted by atomic mass is 16.5. The van der Waals surface area contributed by atoms with Crippen molar-refractivity contribution in [3.63, 3.8) is 0 Å². The second-order valence-electron chi connectivity index (χ2n) is 7.73. The number of morpholine rings is 1. The van der Waals surface area contributed by atoms with Crippen molar-refractivity contribution in [3.05, 3.63) is 0 Å². The monoisotopic (exact) mass is 356 g/mol. The molecular weight excluding hydrogens is 320 g/mol. The Hall–Kier alpha value is -0.890. The first-order chi connectivity index (χ1) is 12.1. The van der Waals surface area contributed by atoms with Crippen molar-refractivity contribution in [2.24, 2.45) is 16.3 Å². The number of hydrogen-bond acceptors (Lipinski definition) is 5. The number of ether oxygens (including phenoxy) is 2. The van der Waals surface area contributed by atoms with Crippen molar-refractivity contribution in [2.75, 3.05) is 66.2 Å². The third kappa shape index (κ3) is 6.73. The topological polar surface area (TPSA) is 78.4 Å². The summed E-state index contributed by atoms with van der Waals surface area (Å²) in [4.78, 5) is 6.79. The van der Waals surface area contributed by atoms with Crippen LogP contribution in [0.4, 0.5) is 0 Å². The first-order valence-electron chi connectivity index (χ1n) is 9.54. The van der Waals surface area contributed by atoms with Crippen LogP contribution < -0.4 is 10.6 Å². The first kappa shape index (κ1) is 20.4. The Morgan fingerprint density at radius 3 is 2.84 bits per heavy atom. The molecule has 0 saturated carbocycles. The number of nitrogens with one attached hydrogen (secondary N) is 2. The molecule has 0 aromatic rings. The zero-order valence-electron chi connectivity index (χ0n) is 16.1. The van der Waals surface area contributed by atoms with Gasteiger partial charge in [-0.05, 0) is 18.8 Å². The number of nitrogens with zero attached hydrogens (tertiary/aromatic N) is 2. The molecule has 2 aliphatic rings. The third-order valence-electron chi connectivity index (χ3n) is 5.02. The molecule has 2 heterocycles. The van der Waals surface area contributed by atoms with Crippen molar-refractivity contribution in [3.8, 4) is 0 Å². The van der Waals surface area contributed by atoms with Gasteiger partial charge in [-0.15, -0.1) is 0 Å². The van der Waals surface area contributed by atoms with Crippen LogP contribution in [0.5, 0.6) is 0 Å². The maximum absolute atomic E-state index is 9.32. The highest BCUT2D eigenvalue weighted by Gasteiger charge is 2.34. The molecule has 7 nitrogen and oxygen atoms in total. The van der Waals surface area contributed by atoms with Gasteiger partial charge in [0.25, 0.3) is 0 Å². The van der Waals surface area contributed by atoms with Gasteiger partial charge in [0.15, 0.2) is 5.96 Å². The van der Waals surface area contributed by atoms with E-state index in [1.165, 1.54) is 0 Å². The van der Waals surface area contributed by atoms with Crippen LogP contribution >= 0.6 is 0 Å². The van der Waals surface area contributed by atoms with Crippen LogP contribution in [-0.2, 0) is 9.47 Å². The zero-order valence-corrected chi connectivity index (χ0v) is 16.1. The molecule has 146 valence electrons. The summed E-state index contributed by atoms with van der Waals surface area (Å²) in [6, 6.07) is 0. The summed E-state index contributed by atoms with van der Waals surface area (Å²) in [6.45, 7) is 11.6. The van der Waals surface area contributed by atoms with E-state index in [1.54, 1.807) is 7.05 Å². The fraction of sp³-hybridized carbons (Fsp3) is 0.944. The van der Waals surface area contributed by atoms with Gasteiger partial charge in [-0.3, -0.25) is 9.89 Å². The second-order valence-corrected chi connectivity index (χ2v) is 7.73. The number of guanidine groups is 1. The summed E-state index contributed by atoms with van der Waals surface area (Å²) >= 11 is 0. The predicted molar refractivity (Wildman–Crippen MR) is 100.0 cm³/mol. The van der Waals surface area contributed by atoms with Gasteiger partial charge in [0.2, 0.25) is 0 Å². The lowest BCUT2D eigenvalue weighted by molar-refractivity contribution is -0.0284. The van der Waals surface area contributed by atoms with Crippen LogP contribution in [-0.4, -0.2) is 88.3 Å². The molecule has 2 saturated heterocycles. The maximum Gasteiger partial charge on any atom is 0.191 e. The van der Waals surface area contributed by atoms with Gasteiger partial charge in [0, 0.05) is 58.4 Å². The van der Waals surface area contributed by atoms with Crippen LogP contribution in [0.1, 0.15) is 26.7 Å². The third-order valence-corrected chi connectivity index (χ3v) is 5.02. The minimum atomic E-state index is 0.0156. The first-order valence-corrected chi connectivity index (χ1v) is 9.54. The van der Waals surface area contributed by atoms with Crippen molar-refractivity contribution in [1.29, 1.82) is 0 Å². The Morgan fingerprint density at radius 1 is 1.36 bits per heavy atom. The van der Waals surface area contributed by atoms with E-state index < -0.39 is 0 Å². The van der Waals surface area contributed by atoms with Gasteiger partial charge < -0.3 is 25.2 Å². The smallest absolute Gasteiger partial charge is 0.191 e. The largest absolute Gasteiger partial charge is 0.396 e. The van der Waals surface area contributed by atoms with Crippen LogP contribution in [0.2, 0.25) is 0 Å². The summed E-state index contributed by atoms with van der Waals surface area (Å²) in [7, 11) is 1.78. The Morgan fingerprint density at radius 2 is 2.20 bits per heavy atom. The van der Waals surface area contributed by atoms with Gasteiger partial charge >= 0.3 is 0 Å². The van der Waals surface area contributed by atoms with Crippen LogP contribution in [0.3, 0.4) is 0 Å². The van der Waals surface area contributed by atoms with Crippen molar-refractivity contribution in [1.82, 2.24) is 15.5 Å². The Labute approximate surface area is 152 Å². The summed E-state index contributed by atoms with van der Waals surface area (Å²) < 4.78 is 11.4. The normalized spacial score (nSPS) is 28.5. The quantitative estimate of drug-likeness (QED) is 0.429. The zero-order chi connectivity index (χ0) is 18.1. The molecule has 2 aliphatic heterocycles. The summed E-state index contributed by atoms with van der Waals surface area (Å²) in [5.41, 5.74) is 0.0156. The molecule has 0 radical (unpaired) electrons. The number of hydrogen-bond donors (Lipinski definition) is 3. The van der Waals surface area contributed by atoms with E-state index in [2.05, 4.69) is 34.4 Å². The van der Waals surface area contributed by atoms with Gasteiger partial charge in [0.05, 0.1) is 19.3 Å². The van der Waals surface area contributed by atoms with Gasteiger partial charge in [-0.2, -0.15) is 0 Å². The maximum atomic E-state index is 9.32. The lowest BCUT2D eigenvalue weighted by Crippen LogP contribution is -2.51. The Kier molecular flexibility index (Phi) is 8.42. The van der Waals surface area contributed by atoms with E-state index in [0.717, 1.165) is 64.7 Å². The average molecular weight is 357 g/mol. The molecule has 7 heteroatoms. The molecule has 0 spiro atoms. The van der Waals surface area contributed by atoms with Crippen molar-refractivity contribution in [2.45, 2.75) is 32.8 Å². The molecule has 0 aromatic carbocycles. The highest BCUT2D eigenvalue weighted by molar-refractivity contribution is 5.79. The molecule has 2 unspecified atom stereocenters. The minimum absolute atomic E-state index is 0.0156. The lowest BCUT2D eigenvalue weighted by atomic mass is 9.84. The Balaban J connectivity index is 1.74. The van der Waals surface area contributed by atoms with Gasteiger partial charge in [-0.1, -0.05) is 13.8 Å². The molecule has 0 amide bonds. The fourth-order valence-electron chi connectivity index (χ4n) is 3.60. The summed E-state index contributed by atoms with van der Waals surface area (Å²) in [5.74, 6) is 1.46. The van der Waals surface area contributed by atoms with Crippen molar-refractivity contribution >= 4 is 5.96 Å². The highest BCUT2D eigenvalue weighted by Crippen LogP contribution is 2.31. The molecule has 3 N–H and O–H groups in total. The van der Waals surface area contributed by atoms with E-state index in [1.807, 2.05) is 0 Å². The molecule has 25 heavy (non-hydrogen) atoms. The number of aliphatic hydroxyl groups excluding tert-OH is 1. The standard InChI is InChI=1S/C18H36N4O3/c1-15(2)11-22-6-9-25-16(12-22)10-20-17(19-3)21-13-18(4-7-23)5-8-24-14-18/h15-16,23H,4-14H2,1-3H3,(H2,19,20,21). The number of rotatable bonds is 8. The minimum Gasteiger partial charge on any atom is -0.396 e. The van der Waals surface area contributed by atoms with Crippen LogP contribution in [0.15, 0.2) is 4.99 Å². The molecule has 2 atom stereocenters. The fourth-order valence-corrected chi connectivity index (χ4v) is 3.60. The molecule has 2 fully saturated rings. The lowest BCUT2D eigenvalue weighted by Gasteiger charge is -2.34. The number of aliphatic hydroxyl groups is 1. The van der Waals surface area contributed by atoms with E-state index in [0.29, 0.717) is 12.5 Å². The Bertz CT molecular complexity index is 411. The van der Waals surface area contributed by atoms with Crippen LogP contribution in [0.25, 0.3) is 0 Å². The van der Waals surface area contributed by atoms with E-state index >= 15 is 0 Å². The summed E-state index contributed by atoms with van der Waals surface area (Å²) in [6.07, 6.45) is 1.92. The molecule has 0 aliphatic carbocycles. The molecule has 2 rings (SSSR count). The number of aliphatic imine (C=N–C) groups is 1. The second kappa shape index (κ2) is 10.3. The van der Waals surface area contributed by atoms with Crippen molar-refractivity contribution < 1.29 is 14.6 Å². The molecule has 0 aromatic heterocycles. The van der Waals surface area contributed by atoms with Gasteiger partial charge in [0.1, 0.15) is 0 Å². The SMILES string of the molecule is CN=C(NCC1CN(CC(C)C)CCO1)NCC1(CCO)CCOC1. The molecule has 0 bridgehead atoms. The van der Waals surface area contributed by atoms with E-state index in [4.69, 9.17) is 9.47 Å². The summed E-state index contributed by atoms with van der Waals surface area (Å²) in [5, 5.41) is 16.1.